The molecule has 0 N–H and O–H groups in total. The normalized spacial score (nSPS) is 13.6. The van der Waals surface area contributed by atoms with Crippen LogP contribution in [0.1, 0.15) is 0 Å². The van der Waals surface area contributed by atoms with Gasteiger partial charge in [-0.25, -0.2) is 0 Å². The fourth-order valence-electron chi connectivity index (χ4n) is 0.565. The maximum atomic E-state index is 11.1. The van der Waals surface area contributed by atoms with E-state index in [1.807, 2.05) is 0 Å². The van der Waals surface area contributed by atoms with Crippen molar-refractivity contribution in [3.63, 3.8) is 0 Å². The van der Waals surface area contributed by atoms with E-state index < -0.39 is 51.1 Å². The lowest BCUT2D eigenvalue weighted by molar-refractivity contribution is -0.220. The van der Waals surface area contributed by atoms with Gasteiger partial charge in [0.1, 0.15) is 26.4 Å². The molecule has 0 atom stereocenters. The number of rotatable bonds is 4. The molecule has 0 aliphatic heterocycles. The molecular formula is C8H8F12O2. The molecule has 0 aliphatic carbocycles. The van der Waals surface area contributed by atoms with Crippen LogP contribution < -0.4 is 0 Å². The number of hydrogen-bond donors (Lipinski definition) is 0. The second-order valence-electron chi connectivity index (χ2n) is 3.45. The standard InChI is InChI=1S/2C4H4F6O/c2*5-3(6,7)1-11-2-4(8,9)10/h2*1-2H2. The second kappa shape index (κ2) is 8.64. The second-order valence-corrected chi connectivity index (χ2v) is 3.45. The van der Waals surface area contributed by atoms with E-state index in [1.165, 1.54) is 0 Å². The van der Waals surface area contributed by atoms with Crippen molar-refractivity contribution in [2.75, 3.05) is 26.4 Å². The van der Waals surface area contributed by atoms with Crippen molar-refractivity contribution in [2.45, 2.75) is 24.7 Å². The molecule has 0 radical (unpaired) electrons. The van der Waals surface area contributed by atoms with Gasteiger partial charge in [-0.3, -0.25) is 0 Å². The highest BCUT2D eigenvalue weighted by molar-refractivity contribution is 4.50. The monoisotopic (exact) mass is 364 g/mol. The SMILES string of the molecule is FC(F)(F)COCC(F)(F)F.FC(F)(F)COCC(F)(F)F. The minimum atomic E-state index is -4.70. The molecule has 0 saturated carbocycles. The van der Waals surface area contributed by atoms with E-state index >= 15 is 0 Å². The molecule has 0 fully saturated rings. The topological polar surface area (TPSA) is 18.5 Å². The molecule has 0 saturated heterocycles. The zero-order chi connectivity index (χ0) is 18.2. The number of hydrogen-bond acceptors (Lipinski definition) is 2. The maximum Gasteiger partial charge on any atom is 0.411 e. The molecule has 0 bridgehead atoms. The number of halogens is 12. The smallest absolute Gasteiger partial charge is 0.363 e. The summed E-state index contributed by atoms with van der Waals surface area (Å²) in [5.41, 5.74) is 0. The molecule has 2 nitrogen and oxygen atoms in total. The van der Waals surface area contributed by atoms with Gasteiger partial charge in [0, 0.05) is 0 Å². The molecule has 0 aliphatic rings. The first-order valence-electron chi connectivity index (χ1n) is 4.84. The summed E-state index contributed by atoms with van der Waals surface area (Å²) in [5.74, 6) is 0. The molecule has 0 spiro atoms. The molecule has 0 unspecified atom stereocenters. The van der Waals surface area contributed by atoms with Crippen LogP contribution in [0.25, 0.3) is 0 Å². The van der Waals surface area contributed by atoms with Crippen LogP contribution >= 0.6 is 0 Å². The van der Waals surface area contributed by atoms with Crippen molar-refractivity contribution in [2.24, 2.45) is 0 Å². The maximum absolute atomic E-state index is 11.1. The Bertz CT molecular complexity index is 227. The van der Waals surface area contributed by atoms with Gasteiger partial charge in [0.2, 0.25) is 0 Å². The molecule has 0 amide bonds. The van der Waals surface area contributed by atoms with E-state index in [9.17, 15) is 52.7 Å². The van der Waals surface area contributed by atoms with Gasteiger partial charge in [0.15, 0.2) is 0 Å². The van der Waals surface area contributed by atoms with E-state index in [1.54, 1.807) is 0 Å². The summed E-state index contributed by atoms with van der Waals surface area (Å²) in [6.07, 6.45) is -18.8. The van der Waals surface area contributed by atoms with Gasteiger partial charge in [-0.15, -0.1) is 0 Å². The van der Waals surface area contributed by atoms with Gasteiger partial charge in [0.05, 0.1) is 0 Å². The van der Waals surface area contributed by atoms with Crippen LogP contribution in [0.3, 0.4) is 0 Å². The Morgan fingerprint density at radius 1 is 0.364 bits per heavy atom. The summed E-state index contributed by atoms with van der Waals surface area (Å²) in [6, 6.07) is 0. The largest absolute Gasteiger partial charge is 0.411 e. The summed E-state index contributed by atoms with van der Waals surface area (Å²) in [6.45, 7) is -7.47. The lowest BCUT2D eigenvalue weighted by Crippen LogP contribution is -2.23. The predicted molar refractivity (Wildman–Crippen MR) is 45.9 cm³/mol. The van der Waals surface area contributed by atoms with Crippen molar-refractivity contribution in [3.05, 3.63) is 0 Å². The van der Waals surface area contributed by atoms with Gasteiger partial charge in [-0.1, -0.05) is 0 Å². The Balaban J connectivity index is 0. The van der Waals surface area contributed by atoms with Crippen LogP contribution in [-0.2, 0) is 9.47 Å². The Hall–Kier alpha value is -0.920. The van der Waals surface area contributed by atoms with E-state index in [2.05, 4.69) is 9.47 Å². The fraction of sp³-hybridized carbons (Fsp3) is 1.00. The van der Waals surface area contributed by atoms with Crippen LogP contribution in [0.5, 0.6) is 0 Å². The van der Waals surface area contributed by atoms with Crippen molar-refractivity contribution >= 4 is 0 Å². The van der Waals surface area contributed by atoms with E-state index in [4.69, 9.17) is 0 Å². The Morgan fingerprint density at radius 3 is 0.591 bits per heavy atom. The molecule has 0 aromatic rings. The quantitative estimate of drug-likeness (QED) is 0.695. The Labute approximate surface area is 115 Å². The van der Waals surface area contributed by atoms with Gasteiger partial charge < -0.3 is 9.47 Å². The third-order valence-corrected chi connectivity index (χ3v) is 1.06. The van der Waals surface area contributed by atoms with Crippen molar-refractivity contribution < 1.29 is 62.2 Å². The van der Waals surface area contributed by atoms with Crippen LogP contribution in [-0.4, -0.2) is 51.1 Å². The molecule has 0 aromatic heterocycles. The molecule has 14 heteroatoms. The summed E-state index contributed by atoms with van der Waals surface area (Å²) in [5, 5.41) is 0. The van der Waals surface area contributed by atoms with Crippen LogP contribution in [0, 0.1) is 0 Å². The Morgan fingerprint density at radius 2 is 0.500 bits per heavy atom. The van der Waals surface area contributed by atoms with E-state index in [-0.39, 0.29) is 0 Å². The predicted octanol–water partition coefficient (Wildman–Crippen LogP) is 4.26. The van der Waals surface area contributed by atoms with Gasteiger partial charge in [-0.05, 0) is 0 Å². The summed E-state index contributed by atoms with van der Waals surface area (Å²) in [7, 11) is 0. The molecule has 136 valence electrons. The highest BCUT2D eigenvalue weighted by atomic mass is 19.4. The molecule has 0 heterocycles. The lowest BCUT2D eigenvalue weighted by atomic mass is 10.6. The van der Waals surface area contributed by atoms with Gasteiger partial charge >= 0.3 is 24.7 Å². The lowest BCUT2D eigenvalue weighted by Gasteiger charge is -2.09. The fourth-order valence-corrected chi connectivity index (χ4v) is 0.565. The zero-order valence-corrected chi connectivity index (χ0v) is 10.2. The van der Waals surface area contributed by atoms with Crippen LogP contribution in [0.4, 0.5) is 52.7 Å². The molecule has 0 rings (SSSR count). The first kappa shape index (κ1) is 23.3. The highest BCUT2D eigenvalue weighted by Gasteiger charge is 2.33. The first-order chi connectivity index (χ1) is 9.41. The molecular weight excluding hydrogens is 356 g/mol. The van der Waals surface area contributed by atoms with Crippen molar-refractivity contribution in [3.8, 4) is 0 Å². The minimum Gasteiger partial charge on any atom is -0.363 e. The Kier molecular flexibility index (Phi) is 9.17. The number of alkyl halides is 12. The van der Waals surface area contributed by atoms with E-state index in [0.29, 0.717) is 0 Å². The third-order valence-electron chi connectivity index (χ3n) is 1.06. The third kappa shape index (κ3) is 27.4. The zero-order valence-electron chi connectivity index (χ0n) is 10.2. The van der Waals surface area contributed by atoms with Gasteiger partial charge in [0.25, 0.3) is 0 Å². The van der Waals surface area contributed by atoms with Crippen LogP contribution in [0.2, 0.25) is 0 Å². The molecule has 22 heavy (non-hydrogen) atoms. The average molecular weight is 364 g/mol. The van der Waals surface area contributed by atoms with Gasteiger partial charge in [-0.2, -0.15) is 52.7 Å². The first-order valence-corrected chi connectivity index (χ1v) is 4.84. The number of ether oxygens (including phenoxy) is 2. The average Bonchev–Trinajstić information content (AvgIpc) is 2.08. The summed E-state index contributed by atoms with van der Waals surface area (Å²) in [4.78, 5) is 0. The molecule has 0 aromatic carbocycles. The van der Waals surface area contributed by atoms with Crippen molar-refractivity contribution in [1.82, 2.24) is 0 Å². The summed E-state index contributed by atoms with van der Waals surface area (Å²) >= 11 is 0. The summed E-state index contributed by atoms with van der Waals surface area (Å²) < 4.78 is 140. The van der Waals surface area contributed by atoms with Crippen molar-refractivity contribution in [1.29, 1.82) is 0 Å². The highest BCUT2D eigenvalue weighted by Crippen LogP contribution is 2.19. The minimum absolute atomic E-state index is 1.87. The van der Waals surface area contributed by atoms with Crippen LogP contribution in [0.15, 0.2) is 0 Å². The van der Waals surface area contributed by atoms with E-state index in [0.717, 1.165) is 0 Å².